The number of hydrogen-bond acceptors (Lipinski definition) is 2. The molecule has 0 fully saturated rings. The van der Waals surface area contributed by atoms with Gasteiger partial charge in [0.15, 0.2) is 0 Å². The molecule has 0 aliphatic heterocycles. The Morgan fingerprint density at radius 1 is 1.57 bits per heavy atom. The molecule has 0 aromatic carbocycles. The van der Waals surface area contributed by atoms with Gasteiger partial charge in [0, 0.05) is 12.4 Å². The summed E-state index contributed by atoms with van der Waals surface area (Å²) in [6, 6.07) is 0. The molecule has 0 aromatic rings. The molecule has 0 heterocycles. The van der Waals surface area contributed by atoms with Gasteiger partial charge in [-0.05, 0) is 18.6 Å². The number of thioether (sulfide) groups is 1. The van der Waals surface area contributed by atoms with Gasteiger partial charge in [0.25, 0.3) is 0 Å². The Morgan fingerprint density at radius 2 is 2.29 bits per heavy atom. The molecule has 0 aromatic heterocycles. The summed E-state index contributed by atoms with van der Waals surface area (Å²) in [5.41, 5.74) is 0. The number of nitrogens with zero attached hydrogens (tertiary/aromatic N) is 1. The standard InChI is InChI=1S/C5H9NS/c1-3-6-4-5-7-2/h3-5H,1-2H3. The van der Waals surface area contributed by atoms with Crippen LogP contribution in [0.15, 0.2) is 16.6 Å². The van der Waals surface area contributed by atoms with E-state index in [4.69, 9.17) is 0 Å². The lowest BCUT2D eigenvalue weighted by molar-refractivity contribution is 1.60. The van der Waals surface area contributed by atoms with E-state index in [1.807, 2.05) is 18.6 Å². The maximum absolute atomic E-state index is 3.84. The van der Waals surface area contributed by atoms with E-state index in [0.717, 1.165) is 0 Å². The van der Waals surface area contributed by atoms with Crippen molar-refractivity contribution in [2.45, 2.75) is 6.92 Å². The fraction of sp³-hybridized carbons (Fsp3) is 0.400. The van der Waals surface area contributed by atoms with E-state index in [1.165, 1.54) is 0 Å². The molecule has 1 nitrogen and oxygen atoms in total. The molecule has 0 rings (SSSR count). The zero-order chi connectivity index (χ0) is 5.54. The van der Waals surface area contributed by atoms with Crippen LogP contribution in [0.5, 0.6) is 0 Å². The number of hydrogen-bond donors (Lipinski definition) is 0. The van der Waals surface area contributed by atoms with Crippen LogP contribution in [0.4, 0.5) is 0 Å². The lowest BCUT2D eigenvalue weighted by Crippen LogP contribution is -1.51. The van der Waals surface area contributed by atoms with Gasteiger partial charge in [-0.1, -0.05) is 0 Å². The second kappa shape index (κ2) is 5.76. The average molecular weight is 115 g/mol. The largest absolute Gasteiger partial charge is 0.269 e. The first-order valence-electron chi connectivity index (χ1n) is 2.07. The van der Waals surface area contributed by atoms with Gasteiger partial charge in [-0.3, -0.25) is 4.99 Å². The van der Waals surface area contributed by atoms with Gasteiger partial charge in [-0.25, -0.2) is 0 Å². The first-order chi connectivity index (χ1) is 3.41. The molecule has 0 N–H and O–H groups in total. The van der Waals surface area contributed by atoms with Crippen molar-refractivity contribution in [2.24, 2.45) is 4.99 Å². The second-order valence-corrected chi connectivity index (χ2v) is 1.67. The van der Waals surface area contributed by atoms with E-state index in [9.17, 15) is 0 Å². The smallest absolute Gasteiger partial charge is 0.0326 e. The van der Waals surface area contributed by atoms with Crippen molar-refractivity contribution < 1.29 is 0 Å². The molecular formula is C5H9NS. The van der Waals surface area contributed by atoms with Crippen molar-refractivity contribution in [1.82, 2.24) is 0 Å². The highest BCUT2D eigenvalue weighted by Gasteiger charge is 1.57. The highest BCUT2D eigenvalue weighted by Crippen LogP contribution is 1.91. The molecule has 0 saturated heterocycles. The van der Waals surface area contributed by atoms with Crippen LogP contribution in [0.1, 0.15) is 6.92 Å². The summed E-state index contributed by atoms with van der Waals surface area (Å²) in [7, 11) is 0. The summed E-state index contributed by atoms with van der Waals surface area (Å²) in [6.45, 7) is 1.89. The highest BCUT2D eigenvalue weighted by molar-refractivity contribution is 8.01. The summed E-state index contributed by atoms with van der Waals surface area (Å²) in [5, 5.41) is 1.93. The lowest BCUT2D eigenvalue weighted by Gasteiger charge is -1.71. The van der Waals surface area contributed by atoms with Crippen molar-refractivity contribution >= 4 is 18.0 Å². The van der Waals surface area contributed by atoms with E-state index in [1.54, 1.807) is 24.2 Å². The first-order valence-corrected chi connectivity index (χ1v) is 3.36. The Bertz CT molecular complexity index is 76.1. The quantitative estimate of drug-likeness (QED) is 0.501. The minimum absolute atomic E-state index is 1.65. The van der Waals surface area contributed by atoms with Crippen LogP contribution < -0.4 is 0 Å². The minimum atomic E-state index is 1.65. The third kappa shape index (κ3) is 5.76. The third-order valence-corrected chi connectivity index (χ3v) is 0.826. The van der Waals surface area contributed by atoms with Gasteiger partial charge < -0.3 is 0 Å². The van der Waals surface area contributed by atoms with Crippen molar-refractivity contribution in [3.05, 3.63) is 11.6 Å². The van der Waals surface area contributed by atoms with Crippen LogP contribution in [-0.4, -0.2) is 12.5 Å². The molecule has 0 aliphatic rings. The van der Waals surface area contributed by atoms with E-state index in [-0.39, 0.29) is 0 Å². The molecule has 0 atom stereocenters. The lowest BCUT2D eigenvalue weighted by atomic mass is 10.9. The Kier molecular flexibility index (Phi) is 5.56. The van der Waals surface area contributed by atoms with Crippen LogP contribution in [0, 0.1) is 0 Å². The minimum Gasteiger partial charge on any atom is -0.269 e. The Morgan fingerprint density at radius 3 is 2.71 bits per heavy atom. The predicted molar refractivity (Wildman–Crippen MR) is 36.8 cm³/mol. The maximum atomic E-state index is 3.84. The molecule has 0 saturated carbocycles. The molecule has 7 heavy (non-hydrogen) atoms. The fourth-order valence-electron chi connectivity index (χ4n) is 0.182. The van der Waals surface area contributed by atoms with Crippen LogP contribution in [0.2, 0.25) is 0 Å². The van der Waals surface area contributed by atoms with Gasteiger partial charge in [0.1, 0.15) is 0 Å². The van der Waals surface area contributed by atoms with E-state index in [2.05, 4.69) is 4.99 Å². The summed E-state index contributed by atoms with van der Waals surface area (Å²) in [5.74, 6) is 0. The fourth-order valence-corrected chi connectivity index (χ4v) is 0.374. The van der Waals surface area contributed by atoms with E-state index >= 15 is 0 Å². The Labute approximate surface area is 48.5 Å². The molecule has 40 valence electrons. The summed E-state index contributed by atoms with van der Waals surface area (Å²) < 4.78 is 0. The van der Waals surface area contributed by atoms with Crippen molar-refractivity contribution in [3.8, 4) is 0 Å². The normalized spacial score (nSPS) is 11.7. The molecule has 0 bridgehead atoms. The predicted octanol–water partition coefficient (Wildman–Crippen LogP) is 1.91. The topological polar surface area (TPSA) is 12.4 Å². The van der Waals surface area contributed by atoms with Crippen LogP contribution in [-0.2, 0) is 0 Å². The number of aliphatic imine (C=N–C) groups is 1. The summed E-state index contributed by atoms with van der Waals surface area (Å²) in [4.78, 5) is 3.84. The van der Waals surface area contributed by atoms with Gasteiger partial charge in [-0.2, -0.15) is 0 Å². The van der Waals surface area contributed by atoms with Crippen molar-refractivity contribution in [2.75, 3.05) is 6.26 Å². The highest BCUT2D eigenvalue weighted by atomic mass is 32.2. The SMILES string of the molecule is CC=NC=CSC. The van der Waals surface area contributed by atoms with Gasteiger partial charge in [-0.15, -0.1) is 11.8 Å². The summed E-state index contributed by atoms with van der Waals surface area (Å²) >= 11 is 1.65. The molecule has 0 unspecified atom stereocenters. The third-order valence-electron chi connectivity index (χ3n) is 0.432. The Hall–Kier alpha value is -0.240. The number of rotatable bonds is 2. The molecule has 0 amide bonds. The van der Waals surface area contributed by atoms with Crippen molar-refractivity contribution in [1.29, 1.82) is 0 Å². The van der Waals surface area contributed by atoms with Gasteiger partial charge in [0.05, 0.1) is 0 Å². The van der Waals surface area contributed by atoms with Crippen LogP contribution >= 0.6 is 11.8 Å². The molecule has 0 spiro atoms. The van der Waals surface area contributed by atoms with Gasteiger partial charge in [0.2, 0.25) is 0 Å². The van der Waals surface area contributed by atoms with E-state index < -0.39 is 0 Å². The van der Waals surface area contributed by atoms with Crippen LogP contribution in [0.25, 0.3) is 0 Å². The van der Waals surface area contributed by atoms with Crippen LogP contribution in [0.3, 0.4) is 0 Å². The zero-order valence-corrected chi connectivity index (χ0v) is 5.40. The van der Waals surface area contributed by atoms with Gasteiger partial charge >= 0.3 is 0 Å². The molecule has 0 aliphatic carbocycles. The monoisotopic (exact) mass is 115 g/mol. The maximum Gasteiger partial charge on any atom is 0.0326 e. The van der Waals surface area contributed by atoms with E-state index in [0.29, 0.717) is 0 Å². The van der Waals surface area contributed by atoms with Crippen molar-refractivity contribution in [3.63, 3.8) is 0 Å². The molecule has 2 heteroatoms. The first kappa shape index (κ1) is 6.76. The second-order valence-electron chi connectivity index (χ2n) is 0.928. The Balaban J connectivity index is 3.09. The molecular weight excluding hydrogens is 106 g/mol. The summed E-state index contributed by atoms with van der Waals surface area (Å²) in [6.07, 6.45) is 5.53. The average Bonchev–Trinajstić information content (AvgIpc) is 1.69. The molecule has 0 radical (unpaired) electrons. The zero-order valence-electron chi connectivity index (χ0n) is 4.59.